The van der Waals surface area contributed by atoms with E-state index < -0.39 is 0 Å². The Morgan fingerprint density at radius 3 is 2.57 bits per heavy atom. The zero-order chi connectivity index (χ0) is 19.1. The monoisotopic (exact) mass is 377 g/mol. The number of amides is 1. The summed E-state index contributed by atoms with van der Waals surface area (Å²) in [4.78, 5) is 25.6. The number of anilines is 3. The average Bonchev–Trinajstić information content (AvgIpc) is 3.49. The van der Waals surface area contributed by atoms with Crippen LogP contribution in [0.2, 0.25) is 0 Å². The van der Waals surface area contributed by atoms with Crippen LogP contribution in [0.1, 0.15) is 18.4 Å². The minimum absolute atomic E-state index is 0.0247. The maximum Gasteiger partial charge on any atom is 0.249 e. The van der Waals surface area contributed by atoms with Gasteiger partial charge in [0, 0.05) is 38.3 Å². The Morgan fingerprint density at radius 2 is 1.86 bits per heavy atom. The van der Waals surface area contributed by atoms with Crippen LogP contribution in [0, 0.1) is 12.8 Å². The molecule has 3 aromatic heterocycles. The van der Waals surface area contributed by atoms with Gasteiger partial charge in [-0.25, -0.2) is 4.98 Å². The van der Waals surface area contributed by atoms with Gasteiger partial charge in [0.2, 0.25) is 11.9 Å². The van der Waals surface area contributed by atoms with Crippen LogP contribution in [-0.2, 0) is 4.79 Å². The number of fused-ring (bicyclic) bond motifs is 1. The normalized spacial score (nSPS) is 17.2. The van der Waals surface area contributed by atoms with E-state index in [0.29, 0.717) is 5.95 Å². The van der Waals surface area contributed by atoms with Gasteiger partial charge >= 0.3 is 0 Å². The highest BCUT2D eigenvalue weighted by atomic mass is 16.2. The van der Waals surface area contributed by atoms with Crippen molar-refractivity contribution in [3.05, 3.63) is 42.1 Å². The average molecular weight is 377 g/mol. The first-order chi connectivity index (χ1) is 13.7. The molecule has 1 aliphatic carbocycles. The first-order valence-corrected chi connectivity index (χ1v) is 9.76. The van der Waals surface area contributed by atoms with Crippen molar-refractivity contribution in [2.24, 2.45) is 5.92 Å². The minimum Gasteiger partial charge on any atom is -0.353 e. The maximum atomic E-state index is 12.0. The number of aryl methyl sites for hydroxylation is 1. The van der Waals surface area contributed by atoms with Crippen molar-refractivity contribution in [3.63, 3.8) is 0 Å². The molecular weight excluding hydrogens is 354 g/mol. The summed E-state index contributed by atoms with van der Waals surface area (Å²) in [7, 11) is 0. The Bertz CT molecular complexity index is 1000. The smallest absolute Gasteiger partial charge is 0.249 e. The molecule has 4 heterocycles. The van der Waals surface area contributed by atoms with Crippen LogP contribution in [0.3, 0.4) is 0 Å². The molecule has 0 radical (unpaired) electrons. The van der Waals surface area contributed by atoms with Gasteiger partial charge in [-0.05, 0) is 43.5 Å². The van der Waals surface area contributed by atoms with E-state index in [9.17, 15) is 4.79 Å². The number of carbonyl (C=O) groups is 1. The first kappa shape index (κ1) is 17.0. The fraction of sp³-hybridized carbons (Fsp3) is 0.400. The molecule has 2 fully saturated rings. The van der Waals surface area contributed by atoms with Gasteiger partial charge in [0.15, 0.2) is 5.65 Å². The van der Waals surface area contributed by atoms with E-state index in [4.69, 9.17) is 0 Å². The molecule has 1 saturated carbocycles. The minimum atomic E-state index is 0.0247. The SMILES string of the molecule is Cc1ccc(N2CCN(c3cccc4nc(NC(=O)C5CC5)nn34)CC2)nc1. The fourth-order valence-corrected chi connectivity index (χ4v) is 3.55. The van der Waals surface area contributed by atoms with E-state index in [-0.39, 0.29) is 11.8 Å². The number of hydrogen-bond donors (Lipinski definition) is 1. The Labute approximate surface area is 163 Å². The highest BCUT2D eigenvalue weighted by molar-refractivity contribution is 5.92. The van der Waals surface area contributed by atoms with Crippen molar-refractivity contribution in [1.82, 2.24) is 19.6 Å². The predicted octanol–water partition coefficient (Wildman–Crippen LogP) is 2.11. The lowest BCUT2D eigenvalue weighted by Gasteiger charge is -2.36. The van der Waals surface area contributed by atoms with E-state index >= 15 is 0 Å². The molecule has 0 bridgehead atoms. The van der Waals surface area contributed by atoms with Crippen molar-refractivity contribution in [1.29, 1.82) is 0 Å². The largest absolute Gasteiger partial charge is 0.353 e. The molecule has 5 rings (SSSR count). The molecule has 0 aromatic carbocycles. The maximum absolute atomic E-state index is 12.0. The van der Waals surface area contributed by atoms with Crippen LogP contribution >= 0.6 is 0 Å². The molecular formula is C20H23N7O. The molecule has 0 spiro atoms. The van der Waals surface area contributed by atoms with Crippen LogP contribution in [0.5, 0.6) is 0 Å². The number of hydrogen-bond acceptors (Lipinski definition) is 6. The summed E-state index contributed by atoms with van der Waals surface area (Å²) in [5.41, 5.74) is 1.91. The van der Waals surface area contributed by atoms with E-state index in [1.165, 1.54) is 5.56 Å². The Hall–Kier alpha value is -3.16. The molecule has 144 valence electrons. The molecule has 1 saturated heterocycles. The third kappa shape index (κ3) is 3.26. The first-order valence-electron chi connectivity index (χ1n) is 9.76. The van der Waals surface area contributed by atoms with E-state index in [2.05, 4.69) is 49.2 Å². The van der Waals surface area contributed by atoms with Crippen molar-refractivity contribution < 1.29 is 4.79 Å². The highest BCUT2D eigenvalue weighted by Gasteiger charge is 2.30. The van der Waals surface area contributed by atoms with Crippen molar-refractivity contribution in [3.8, 4) is 0 Å². The number of nitrogens with zero attached hydrogens (tertiary/aromatic N) is 6. The Kier molecular flexibility index (Phi) is 4.11. The molecule has 8 heteroatoms. The molecule has 0 atom stereocenters. The molecule has 3 aromatic rings. The third-order valence-electron chi connectivity index (χ3n) is 5.35. The van der Waals surface area contributed by atoms with Gasteiger partial charge < -0.3 is 9.80 Å². The standard InChI is InChI=1S/C20H23N7O/c1-14-5-8-16(21-13-14)25-9-11-26(12-10-25)18-4-2-3-17-22-20(24-27(17)18)23-19(28)15-6-7-15/h2-5,8,13,15H,6-7,9-12H2,1H3,(H,23,24,28). The van der Waals surface area contributed by atoms with Crippen molar-refractivity contribution in [2.75, 3.05) is 41.3 Å². The number of rotatable bonds is 4. The third-order valence-corrected chi connectivity index (χ3v) is 5.35. The van der Waals surface area contributed by atoms with Crippen LogP contribution < -0.4 is 15.1 Å². The summed E-state index contributed by atoms with van der Waals surface area (Å²) < 4.78 is 1.82. The molecule has 0 unspecified atom stereocenters. The molecule has 1 aliphatic heterocycles. The lowest BCUT2D eigenvalue weighted by molar-refractivity contribution is -0.117. The number of piperazine rings is 1. The van der Waals surface area contributed by atoms with Gasteiger partial charge in [-0.15, -0.1) is 5.10 Å². The van der Waals surface area contributed by atoms with Gasteiger partial charge in [-0.3, -0.25) is 10.1 Å². The number of aromatic nitrogens is 4. The van der Waals surface area contributed by atoms with Crippen molar-refractivity contribution >= 4 is 29.1 Å². The Morgan fingerprint density at radius 1 is 1.07 bits per heavy atom. The number of pyridine rings is 2. The van der Waals surface area contributed by atoms with Crippen LogP contribution in [0.25, 0.3) is 5.65 Å². The summed E-state index contributed by atoms with van der Waals surface area (Å²) in [6, 6.07) is 10.1. The number of carbonyl (C=O) groups excluding carboxylic acids is 1. The number of nitrogens with one attached hydrogen (secondary N) is 1. The van der Waals surface area contributed by atoms with Crippen molar-refractivity contribution in [2.45, 2.75) is 19.8 Å². The second-order valence-corrected chi connectivity index (χ2v) is 7.52. The fourth-order valence-electron chi connectivity index (χ4n) is 3.55. The van der Waals surface area contributed by atoms with E-state index in [0.717, 1.165) is 56.3 Å². The zero-order valence-electron chi connectivity index (χ0n) is 15.9. The molecule has 1 N–H and O–H groups in total. The summed E-state index contributed by atoms with van der Waals surface area (Å²) in [6.07, 6.45) is 3.84. The highest BCUT2D eigenvalue weighted by Crippen LogP contribution is 2.30. The van der Waals surface area contributed by atoms with Crippen LogP contribution in [0.4, 0.5) is 17.6 Å². The molecule has 2 aliphatic rings. The quantitative estimate of drug-likeness (QED) is 0.750. The van der Waals surface area contributed by atoms with Gasteiger partial charge in [0.25, 0.3) is 0 Å². The lowest BCUT2D eigenvalue weighted by atomic mass is 10.2. The van der Waals surface area contributed by atoms with Crippen LogP contribution in [-0.4, -0.2) is 51.7 Å². The summed E-state index contributed by atoms with van der Waals surface area (Å²) in [5.74, 6) is 2.56. The van der Waals surface area contributed by atoms with Gasteiger partial charge in [0.05, 0.1) is 0 Å². The second kappa shape index (κ2) is 6.78. The summed E-state index contributed by atoms with van der Waals surface area (Å²) in [5, 5.41) is 7.37. The predicted molar refractivity (Wildman–Crippen MR) is 108 cm³/mol. The second-order valence-electron chi connectivity index (χ2n) is 7.52. The Balaban J connectivity index is 1.32. The molecule has 1 amide bonds. The van der Waals surface area contributed by atoms with Crippen LogP contribution in [0.15, 0.2) is 36.5 Å². The van der Waals surface area contributed by atoms with E-state index in [1.54, 1.807) is 0 Å². The summed E-state index contributed by atoms with van der Waals surface area (Å²) in [6.45, 7) is 5.59. The topological polar surface area (TPSA) is 78.7 Å². The van der Waals surface area contributed by atoms with Gasteiger partial charge in [-0.1, -0.05) is 12.1 Å². The zero-order valence-corrected chi connectivity index (χ0v) is 15.9. The van der Waals surface area contributed by atoms with Gasteiger partial charge in [-0.2, -0.15) is 9.50 Å². The van der Waals surface area contributed by atoms with E-state index in [1.807, 2.05) is 28.9 Å². The molecule has 8 nitrogen and oxygen atoms in total. The molecule has 28 heavy (non-hydrogen) atoms. The summed E-state index contributed by atoms with van der Waals surface area (Å²) >= 11 is 0. The lowest BCUT2D eigenvalue weighted by Crippen LogP contribution is -2.47. The van der Waals surface area contributed by atoms with Gasteiger partial charge in [0.1, 0.15) is 11.6 Å².